The third-order valence-electron chi connectivity index (χ3n) is 3.09. The Balaban J connectivity index is 1.90. The van der Waals surface area contributed by atoms with Gasteiger partial charge >= 0.3 is 0 Å². The molecule has 0 saturated carbocycles. The molecule has 8 nitrogen and oxygen atoms in total. The molecule has 0 amide bonds. The number of H-pyrrole nitrogens is 1. The molecule has 2 aromatic heterocycles. The molecule has 1 aromatic carbocycles. The third kappa shape index (κ3) is 2.27. The van der Waals surface area contributed by atoms with Gasteiger partial charge in [-0.25, -0.2) is 15.0 Å². The van der Waals surface area contributed by atoms with Crippen molar-refractivity contribution in [3.05, 3.63) is 30.4 Å². The van der Waals surface area contributed by atoms with Crippen LogP contribution in [0.25, 0.3) is 11.2 Å². The van der Waals surface area contributed by atoms with Crippen LogP contribution in [0.2, 0.25) is 0 Å². The fourth-order valence-corrected chi connectivity index (χ4v) is 2.01. The van der Waals surface area contributed by atoms with Gasteiger partial charge in [0.15, 0.2) is 23.0 Å². The van der Waals surface area contributed by atoms with Crippen molar-refractivity contribution in [3.8, 4) is 17.2 Å². The fraction of sp³-hybridized carbons (Fsp3) is 0.154. The van der Waals surface area contributed by atoms with Crippen LogP contribution in [0.5, 0.6) is 17.2 Å². The van der Waals surface area contributed by atoms with Crippen molar-refractivity contribution in [2.45, 2.75) is 6.54 Å². The molecule has 0 spiro atoms. The van der Waals surface area contributed by atoms with E-state index in [1.807, 2.05) is 0 Å². The van der Waals surface area contributed by atoms with Crippen LogP contribution >= 0.6 is 0 Å². The second kappa shape index (κ2) is 5.16. The van der Waals surface area contributed by atoms with E-state index in [0.29, 0.717) is 22.5 Å². The van der Waals surface area contributed by atoms with E-state index in [1.165, 1.54) is 31.9 Å². The summed E-state index contributed by atoms with van der Waals surface area (Å²) in [7, 11) is 1.45. The molecular weight excluding hydrogens is 274 g/mol. The number of benzene rings is 1. The summed E-state index contributed by atoms with van der Waals surface area (Å²) < 4.78 is 5.02. The number of ether oxygens (including phenoxy) is 1. The topological polar surface area (TPSA) is 116 Å². The number of aromatic amines is 1. The van der Waals surface area contributed by atoms with Gasteiger partial charge in [-0.05, 0) is 12.1 Å². The van der Waals surface area contributed by atoms with Gasteiger partial charge in [0.1, 0.15) is 17.6 Å². The Morgan fingerprint density at radius 1 is 1.24 bits per heavy atom. The zero-order valence-electron chi connectivity index (χ0n) is 11.2. The first-order valence-corrected chi connectivity index (χ1v) is 6.16. The van der Waals surface area contributed by atoms with E-state index in [1.54, 1.807) is 0 Å². The number of rotatable bonds is 4. The van der Waals surface area contributed by atoms with Gasteiger partial charge in [0.2, 0.25) is 0 Å². The van der Waals surface area contributed by atoms with Crippen LogP contribution in [-0.4, -0.2) is 37.3 Å². The van der Waals surface area contributed by atoms with Crippen molar-refractivity contribution in [2.75, 3.05) is 12.4 Å². The summed E-state index contributed by atoms with van der Waals surface area (Å²) in [5, 5.41) is 22.9. The second-order valence-electron chi connectivity index (χ2n) is 4.29. The maximum absolute atomic E-state index is 10.0. The molecule has 21 heavy (non-hydrogen) atoms. The van der Waals surface area contributed by atoms with E-state index in [9.17, 15) is 10.2 Å². The van der Waals surface area contributed by atoms with Gasteiger partial charge in [-0.1, -0.05) is 0 Å². The van der Waals surface area contributed by atoms with Crippen LogP contribution in [0.15, 0.2) is 24.8 Å². The highest BCUT2D eigenvalue weighted by Gasteiger charge is 2.14. The standard InChI is InChI=1S/C13H13N5O3/c1-21-9-3-2-8(19)7(11(9)20)4-14-12-10-13(16-5-15-10)18-6-17-12/h2-3,5-6,19-20H,4H2,1H3,(H2,14,15,16,17,18). The molecule has 0 unspecified atom stereocenters. The largest absolute Gasteiger partial charge is 0.507 e. The first kappa shape index (κ1) is 13.0. The molecule has 0 fully saturated rings. The van der Waals surface area contributed by atoms with Crippen LogP contribution in [0.3, 0.4) is 0 Å². The van der Waals surface area contributed by atoms with Crippen LogP contribution < -0.4 is 10.1 Å². The Morgan fingerprint density at radius 3 is 2.90 bits per heavy atom. The van der Waals surface area contributed by atoms with E-state index in [0.717, 1.165) is 0 Å². The van der Waals surface area contributed by atoms with Crippen molar-refractivity contribution < 1.29 is 14.9 Å². The number of aromatic hydroxyl groups is 2. The number of phenolic OH excluding ortho intramolecular Hbond substituents is 2. The predicted octanol–water partition coefficient (Wildman–Crippen LogP) is 1.38. The van der Waals surface area contributed by atoms with Gasteiger partial charge in [0.05, 0.1) is 19.0 Å². The van der Waals surface area contributed by atoms with Crippen molar-refractivity contribution in [3.63, 3.8) is 0 Å². The van der Waals surface area contributed by atoms with Crippen molar-refractivity contribution in [2.24, 2.45) is 0 Å². The van der Waals surface area contributed by atoms with Crippen molar-refractivity contribution >= 4 is 17.0 Å². The molecule has 8 heteroatoms. The average Bonchev–Trinajstić information content (AvgIpc) is 2.96. The molecule has 3 aromatic rings. The first-order valence-electron chi connectivity index (χ1n) is 6.16. The Bertz CT molecular complexity index is 787. The number of methoxy groups -OCH3 is 1. The molecule has 108 valence electrons. The van der Waals surface area contributed by atoms with Gasteiger partial charge in [0, 0.05) is 6.54 Å². The fourth-order valence-electron chi connectivity index (χ4n) is 2.01. The van der Waals surface area contributed by atoms with Gasteiger partial charge in [-0.15, -0.1) is 0 Å². The summed E-state index contributed by atoms with van der Waals surface area (Å²) in [6.07, 6.45) is 2.92. The van der Waals surface area contributed by atoms with Crippen LogP contribution in [-0.2, 0) is 6.54 Å². The van der Waals surface area contributed by atoms with E-state index in [2.05, 4.69) is 25.3 Å². The SMILES string of the molecule is COc1ccc(O)c(CNc2ncnc3[nH]cnc23)c1O. The van der Waals surface area contributed by atoms with Crippen molar-refractivity contribution in [1.29, 1.82) is 0 Å². The lowest BCUT2D eigenvalue weighted by Crippen LogP contribution is -2.03. The number of aromatic nitrogens is 4. The highest BCUT2D eigenvalue weighted by atomic mass is 16.5. The number of hydrogen-bond donors (Lipinski definition) is 4. The first-order chi connectivity index (χ1) is 10.2. The molecule has 0 radical (unpaired) electrons. The van der Waals surface area contributed by atoms with E-state index in [4.69, 9.17) is 4.74 Å². The number of imidazole rings is 1. The Hall–Kier alpha value is -3.03. The minimum absolute atomic E-state index is 0.0341. The highest BCUT2D eigenvalue weighted by Crippen LogP contribution is 2.36. The van der Waals surface area contributed by atoms with Gasteiger partial charge in [0.25, 0.3) is 0 Å². The number of anilines is 1. The number of hydrogen-bond acceptors (Lipinski definition) is 7. The summed E-state index contributed by atoms with van der Waals surface area (Å²) in [4.78, 5) is 15.1. The third-order valence-corrected chi connectivity index (χ3v) is 3.09. The quantitative estimate of drug-likeness (QED) is 0.573. The molecule has 0 aliphatic rings. The van der Waals surface area contributed by atoms with Crippen LogP contribution in [0.4, 0.5) is 5.82 Å². The minimum atomic E-state index is -0.114. The van der Waals surface area contributed by atoms with Gasteiger partial charge < -0.3 is 25.3 Å². The van der Waals surface area contributed by atoms with E-state index >= 15 is 0 Å². The average molecular weight is 287 g/mol. The van der Waals surface area contributed by atoms with Crippen LogP contribution in [0, 0.1) is 0 Å². The molecule has 2 heterocycles. The smallest absolute Gasteiger partial charge is 0.166 e. The highest BCUT2D eigenvalue weighted by molar-refractivity contribution is 5.81. The summed E-state index contributed by atoms with van der Waals surface area (Å²) in [5.74, 6) is 0.644. The molecule has 0 aliphatic carbocycles. The maximum Gasteiger partial charge on any atom is 0.166 e. The molecule has 3 rings (SSSR count). The lowest BCUT2D eigenvalue weighted by molar-refractivity contribution is 0.365. The monoisotopic (exact) mass is 287 g/mol. The lowest BCUT2D eigenvalue weighted by atomic mass is 10.1. The number of nitrogens with zero attached hydrogens (tertiary/aromatic N) is 3. The van der Waals surface area contributed by atoms with Gasteiger partial charge in [-0.3, -0.25) is 0 Å². The molecule has 0 aliphatic heterocycles. The lowest BCUT2D eigenvalue weighted by Gasteiger charge is -2.12. The molecular formula is C13H13N5O3. The maximum atomic E-state index is 10.0. The Kier molecular flexibility index (Phi) is 3.19. The summed E-state index contributed by atoms with van der Waals surface area (Å²) in [5.41, 5.74) is 1.50. The second-order valence-corrected chi connectivity index (χ2v) is 4.29. The normalized spacial score (nSPS) is 10.7. The Labute approximate surface area is 119 Å². The summed E-state index contributed by atoms with van der Waals surface area (Å²) in [6.45, 7) is 0.161. The summed E-state index contributed by atoms with van der Waals surface area (Å²) >= 11 is 0. The zero-order chi connectivity index (χ0) is 14.8. The number of phenols is 2. The van der Waals surface area contributed by atoms with Gasteiger partial charge in [-0.2, -0.15) is 0 Å². The summed E-state index contributed by atoms with van der Waals surface area (Å²) in [6, 6.07) is 2.95. The number of nitrogens with one attached hydrogen (secondary N) is 2. The minimum Gasteiger partial charge on any atom is -0.507 e. The zero-order valence-corrected chi connectivity index (χ0v) is 11.2. The van der Waals surface area contributed by atoms with E-state index in [-0.39, 0.29) is 23.8 Å². The Morgan fingerprint density at radius 2 is 2.10 bits per heavy atom. The predicted molar refractivity (Wildman–Crippen MR) is 75.3 cm³/mol. The van der Waals surface area contributed by atoms with Crippen molar-refractivity contribution in [1.82, 2.24) is 19.9 Å². The molecule has 0 saturated heterocycles. The molecule has 0 atom stereocenters. The number of fused-ring (bicyclic) bond motifs is 1. The van der Waals surface area contributed by atoms with E-state index < -0.39 is 0 Å². The molecule has 4 N–H and O–H groups in total. The molecule has 0 bridgehead atoms. The van der Waals surface area contributed by atoms with Crippen LogP contribution in [0.1, 0.15) is 5.56 Å².